The van der Waals surface area contributed by atoms with Crippen LogP contribution in [0.2, 0.25) is 0 Å². The van der Waals surface area contributed by atoms with Gasteiger partial charge in [0.25, 0.3) is 0 Å². The van der Waals surface area contributed by atoms with Crippen LogP contribution in [-0.4, -0.2) is 0 Å². The second-order valence-corrected chi connectivity index (χ2v) is 34.0. The number of nitrogens with zero attached hydrogens (tertiary/aromatic N) is 2. The molecule has 19 aromatic rings. The van der Waals surface area contributed by atoms with E-state index < -0.39 is 10.8 Å². The molecule has 0 aromatic heterocycles. The van der Waals surface area contributed by atoms with Crippen LogP contribution in [0, 0.1) is 0 Å². The summed E-state index contributed by atoms with van der Waals surface area (Å²) in [6, 6.07) is 171. The largest absolute Gasteiger partial charge is 0.310 e. The van der Waals surface area contributed by atoms with Crippen LogP contribution in [0.5, 0.6) is 0 Å². The van der Waals surface area contributed by atoms with Crippen LogP contribution in [0.3, 0.4) is 0 Å². The summed E-state index contributed by atoms with van der Waals surface area (Å²) < 4.78 is 0. The van der Waals surface area contributed by atoms with Crippen molar-refractivity contribution in [2.45, 2.75) is 49.4 Å². The van der Waals surface area contributed by atoms with Gasteiger partial charge in [-0.25, -0.2) is 0 Å². The summed E-state index contributed by atoms with van der Waals surface area (Å²) >= 11 is 0. The molecule has 0 fully saturated rings. The maximum absolute atomic E-state index is 2.57. The van der Waals surface area contributed by atoms with Crippen molar-refractivity contribution >= 4 is 44.9 Å². The van der Waals surface area contributed by atoms with Crippen molar-refractivity contribution in [3.63, 3.8) is 0 Å². The Kier molecular flexibility index (Phi) is 17.8. The molecule has 0 radical (unpaired) electrons. The molecule has 0 N–H and O–H groups in total. The zero-order valence-corrected chi connectivity index (χ0v) is 68.8. The second kappa shape index (κ2) is 29.5. The molecule has 122 heavy (non-hydrogen) atoms. The number of benzene rings is 19. The average Bonchev–Trinajstić information content (AvgIpc) is 1.53. The fourth-order valence-electron chi connectivity index (χ4n) is 21.3. The topological polar surface area (TPSA) is 6.48 Å². The van der Waals surface area contributed by atoms with E-state index in [1.165, 1.54) is 167 Å². The van der Waals surface area contributed by atoms with Crippen molar-refractivity contribution in [2.24, 2.45) is 0 Å². The van der Waals surface area contributed by atoms with Crippen LogP contribution < -0.4 is 9.80 Å². The van der Waals surface area contributed by atoms with E-state index in [-0.39, 0.29) is 10.8 Å². The van der Waals surface area contributed by atoms with E-state index in [0.717, 1.165) is 34.1 Å². The molecule has 0 aliphatic heterocycles. The lowest BCUT2D eigenvalue weighted by atomic mass is 9.66. The van der Waals surface area contributed by atoms with Gasteiger partial charge >= 0.3 is 0 Å². The average molecular weight is 1560 g/mol. The highest BCUT2D eigenvalue weighted by molar-refractivity contribution is 6.08. The summed E-state index contributed by atoms with van der Waals surface area (Å²) in [5.41, 5.74) is 41.2. The van der Waals surface area contributed by atoms with E-state index in [1.54, 1.807) is 0 Å². The quantitative estimate of drug-likeness (QED) is 0.107. The SMILES string of the molecule is CC1(C)c2ccccc2-c2ccc(-c3ccc4ccccc4c3N(c3ccc(-c4ccccc4)cc3)c3ccccc3C3(c4ccccc4)c4ccccc4-c4ccccc43)cc21.CC1(C)c2ccccc2-c2ccc(N(c3ccc(-c4ccccc4)cc3)c3ccc(-c4ccccc4C4(c5ccccc5)c5ccccc5-c5ccccc54)cc3)cc21. The van der Waals surface area contributed by atoms with Crippen LogP contribution in [0.25, 0.3) is 99.8 Å². The fraction of sp³-hybridized carbons (Fsp3) is 0.0667. The van der Waals surface area contributed by atoms with E-state index in [9.17, 15) is 0 Å². The molecule has 4 aliphatic carbocycles. The maximum atomic E-state index is 2.57. The second-order valence-electron chi connectivity index (χ2n) is 34.0. The lowest BCUT2D eigenvalue weighted by molar-refractivity contribution is 0.660. The Bertz CT molecular complexity index is 7130. The van der Waals surface area contributed by atoms with E-state index in [4.69, 9.17) is 0 Å². The molecule has 0 amide bonds. The van der Waals surface area contributed by atoms with Gasteiger partial charge in [-0.2, -0.15) is 0 Å². The van der Waals surface area contributed by atoms with Crippen molar-refractivity contribution in [3.8, 4) is 89.0 Å². The highest BCUT2D eigenvalue weighted by Crippen LogP contribution is 2.62. The van der Waals surface area contributed by atoms with Crippen LogP contribution in [0.15, 0.2) is 461 Å². The first-order valence-electron chi connectivity index (χ1n) is 42.8. The van der Waals surface area contributed by atoms with Crippen molar-refractivity contribution in [1.29, 1.82) is 0 Å². The van der Waals surface area contributed by atoms with Gasteiger partial charge in [-0.15, -0.1) is 0 Å². The summed E-state index contributed by atoms with van der Waals surface area (Å²) in [7, 11) is 0. The Balaban J connectivity index is 0.000000146. The molecule has 0 heterocycles. The minimum Gasteiger partial charge on any atom is -0.310 e. The van der Waals surface area contributed by atoms with Gasteiger partial charge in [-0.05, 0) is 216 Å². The molecule has 0 bridgehead atoms. The summed E-state index contributed by atoms with van der Waals surface area (Å²) in [4.78, 5) is 4.99. The highest BCUT2D eigenvalue weighted by atomic mass is 15.2. The third-order valence-corrected chi connectivity index (χ3v) is 26.9. The molecule has 0 spiro atoms. The molecule has 0 unspecified atom stereocenters. The van der Waals surface area contributed by atoms with Gasteiger partial charge < -0.3 is 9.80 Å². The highest BCUT2D eigenvalue weighted by Gasteiger charge is 2.50. The van der Waals surface area contributed by atoms with E-state index >= 15 is 0 Å². The zero-order valence-electron chi connectivity index (χ0n) is 68.8. The first-order valence-corrected chi connectivity index (χ1v) is 42.8. The molecular formula is C120H88N2. The van der Waals surface area contributed by atoms with Gasteiger partial charge in [0.2, 0.25) is 0 Å². The number of para-hydroxylation sites is 1. The summed E-state index contributed by atoms with van der Waals surface area (Å²) in [6.07, 6.45) is 0. The Morgan fingerprint density at radius 2 is 0.467 bits per heavy atom. The third-order valence-electron chi connectivity index (χ3n) is 26.9. The van der Waals surface area contributed by atoms with Gasteiger partial charge in [-0.3, -0.25) is 0 Å². The van der Waals surface area contributed by atoms with Crippen molar-refractivity contribution in [3.05, 3.63) is 528 Å². The monoisotopic (exact) mass is 1560 g/mol. The van der Waals surface area contributed by atoms with Gasteiger partial charge in [0, 0.05) is 44.5 Å². The Hall–Kier alpha value is -15.0. The van der Waals surface area contributed by atoms with Crippen molar-refractivity contribution in [2.75, 3.05) is 9.80 Å². The molecule has 23 rings (SSSR count). The van der Waals surface area contributed by atoms with Gasteiger partial charge in [-0.1, -0.05) is 428 Å². The number of hydrogen-bond donors (Lipinski definition) is 0. The third kappa shape index (κ3) is 11.6. The molecule has 4 aliphatic rings. The van der Waals surface area contributed by atoms with Crippen LogP contribution in [-0.2, 0) is 21.7 Å². The molecule has 0 saturated carbocycles. The van der Waals surface area contributed by atoms with Crippen LogP contribution >= 0.6 is 0 Å². The minimum absolute atomic E-state index is 0.107. The smallest absolute Gasteiger partial charge is 0.0733 e. The van der Waals surface area contributed by atoms with Crippen molar-refractivity contribution in [1.82, 2.24) is 0 Å². The lowest BCUT2D eigenvalue weighted by Crippen LogP contribution is -2.30. The summed E-state index contributed by atoms with van der Waals surface area (Å²) in [5.74, 6) is 0. The molecule has 2 heteroatoms. The Morgan fingerprint density at radius 1 is 0.172 bits per heavy atom. The van der Waals surface area contributed by atoms with E-state index in [0.29, 0.717) is 0 Å². The minimum atomic E-state index is -0.610. The van der Waals surface area contributed by atoms with E-state index in [1.807, 2.05) is 0 Å². The molecular weight excluding hydrogens is 1470 g/mol. The number of hydrogen-bond acceptors (Lipinski definition) is 2. The number of fused-ring (bicyclic) bond motifs is 13. The van der Waals surface area contributed by atoms with Crippen LogP contribution in [0.1, 0.15) is 94.5 Å². The standard InChI is InChI=1S/C62H45N.C58H43N/c1-61(2)54-28-14-11-25-50(54)53-40-36-45(41-58(53)61)49-39-35-44-21-9-10-24-48(44)60(49)63(47-37-33-43(34-38-47)42-19-5-3-6-20-42)59-32-18-17-31-57(59)62(46-22-7-4-8-23-46)55-29-15-12-26-51(55)52-27-13-16-30-56(52)62;1-57(2)52-25-13-10-22-48(52)51-38-37-46(39-56(51)57)59(44-33-29-41(30-34-44)40-17-5-3-6-18-40)45-35-31-42(32-36-45)47-21-9-14-26-53(47)58(43-19-7-4-8-20-43)54-27-15-11-23-49(54)50-24-12-16-28-55(50)58/h3-41H,1-2H3;3-39H,1-2H3. The van der Waals surface area contributed by atoms with Gasteiger partial charge in [0.1, 0.15) is 0 Å². The predicted octanol–water partition coefficient (Wildman–Crippen LogP) is 31.5. The molecule has 19 aromatic carbocycles. The molecule has 0 saturated heterocycles. The maximum Gasteiger partial charge on any atom is 0.0733 e. The molecule has 2 nitrogen and oxygen atoms in total. The first kappa shape index (κ1) is 73.4. The molecule has 0 atom stereocenters. The number of anilines is 6. The van der Waals surface area contributed by atoms with Gasteiger partial charge in [0.15, 0.2) is 0 Å². The van der Waals surface area contributed by atoms with Crippen molar-refractivity contribution < 1.29 is 0 Å². The molecule has 578 valence electrons. The Morgan fingerprint density at radius 3 is 0.934 bits per heavy atom. The van der Waals surface area contributed by atoms with E-state index in [2.05, 4.69) is 499 Å². The van der Waals surface area contributed by atoms with Crippen LogP contribution in [0.4, 0.5) is 34.1 Å². The normalized spacial score (nSPS) is 13.8. The fourth-order valence-corrected chi connectivity index (χ4v) is 21.3. The lowest BCUT2D eigenvalue weighted by Gasteiger charge is -2.39. The number of rotatable bonds is 14. The summed E-state index contributed by atoms with van der Waals surface area (Å²) in [6.45, 7) is 9.46. The first-order chi connectivity index (χ1) is 60.1. The predicted molar refractivity (Wildman–Crippen MR) is 511 cm³/mol. The summed E-state index contributed by atoms with van der Waals surface area (Å²) in [5, 5.41) is 2.39. The Labute approximate surface area is 716 Å². The van der Waals surface area contributed by atoms with Gasteiger partial charge in [0.05, 0.1) is 22.2 Å². The zero-order chi connectivity index (χ0) is 81.7.